The van der Waals surface area contributed by atoms with E-state index in [1.54, 1.807) is 0 Å². The van der Waals surface area contributed by atoms with Crippen molar-refractivity contribution in [2.75, 3.05) is 6.54 Å². The molecular weight excluding hydrogens is 258 g/mol. The van der Waals surface area contributed by atoms with Crippen molar-refractivity contribution in [2.45, 2.75) is 11.3 Å². The Bertz CT molecular complexity index is 593. The zero-order valence-corrected chi connectivity index (χ0v) is 10.1. The number of nitrogens with one attached hydrogen (secondary N) is 1. The molecule has 2 rings (SSSR count). The zero-order valence-electron chi connectivity index (χ0n) is 9.28. The SMILES string of the molecule is O=S(=O)(NCCc1ncno1)c1ccc(O)cc1. The summed E-state index contributed by atoms with van der Waals surface area (Å²) in [5, 5.41) is 12.5. The lowest BCUT2D eigenvalue weighted by molar-refractivity contribution is 0.377. The summed E-state index contributed by atoms with van der Waals surface area (Å²) in [5.74, 6) is 0.378. The van der Waals surface area contributed by atoms with Gasteiger partial charge < -0.3 is 9.63 Å². The molecule has 0 bridgehead atoms. The minimum absolute atomic E-state index is 0.0137. The third-order valence-electron chi connectivity index (χ3n) is 2.18. The molecule has 0 fully saturated rings. The number of phenols is 1. The van der Waals surface area contributed by atoms with Crippen molar-refractivity contribution in [2.24, 2.45) is 0 Å². The Morgan fingerprint density at radius 3 is 2.61 bits per heavy atom. The van der Waals surface area contributed by atoms with E-state index in [-0.39, 0.29) is 17.2 Å². The van der Waals surface area contributed by atoms with Crippen LogP contribution >= 0.6 is 0 Å². The van der Waals surface area contributed by atoms with Crippen LogP contribution in [0.25, 0.3) is 0 Å². The Kier molecular flexibility index (Phi) is 3.58. The van der Waals surface area contributed by atoms with Crippen LogP contribution in [0.15, 0.2) is 40.0 Å². The molecule has 1 aromatic carbocycles. The minimum Gasteiger partial charge on any atom is -0.508 e. The quantitative estimate of drug-likeness (QED) is 0.808. The average molecular weight is 269 g/mol. The number of benzene rings is 1. The second-order valence-electron chi connectivity index (χ2n) is 3.48. The first-order chi connectivity index (χ1) is 8.58. The van der Waals surface area contributed by atoms with E-state index in [2.05, 4.69) is 14.9 Å². The molecule has 0 saturated heterocycles. The van der Waals surface area contributed by atoms with Gasteiger partial charge >= 0.3 is 0 Å². The Balaban J connectivity index is 1.97. The Labute approximate surface area is 104 Å². The van der Waals surface area contributed by atoms with Crippen LogP contribution in [-0.4, -0.2) is 30.2 Å². The van der Waals surface area contributed by atoms with E-state index in [0.717, 1.165) is 0 Å². The highest BCUT2D eigenvalue weighted by Crippen LogP contribution is 2.13. The van der Waals surface area contributed by atoms with Crippen LogP contribution in [0.4, 0.5) is 0 Å². The lowest BCUT2D eigenvalue weighted by atomic mass is 10.3. The van der Waals surface area contributed by atoms with Gasteiger partial charge in [-0.05, 0) is 24.3 Å². The van der Waals surface area contributed by atoms with Crippen molar-refractivity contribution in [3.8, 4) is 5.75 Å². The van der Waals surface area contributed by atoms with Crippen molar-refractivity contribution in [1.82, 2.24) is 14.9 Å². The van der Waals surface area contributed by atoms with Gasteiger partial charge in [-0.3, -0.25) is 0 Å². The molecule has 0 aliphatic rings. The molecule has 0 atom stereocenters. The summed E-state index contributed by atoms with van der Waals surface area (Å²) in [4.78, 5) is 3.86. The molecule has 1 aromatic heterocycles. The lowest BCUT2D eigenvalue weighted by Gasteiger charge is -2.05. The maximum absolute atomic E-state index is 11.8. The second kappa shape index (κ2) is 5.15. The minimum atomic E-state index is -3.58. The number of hydrogen-bond acceptors (Lipinski definition) is 6. The Morgan fingerprint density at radius 2 is 2.00 bits per heavy atom. The van der Waals surface area contributed by atoms with Crippen molar-refractivity contribution in [3.63, 3.8) is 0 Å². The predicted molar refractivity (Wildman–Crippen MR) is 61.3 cm³/mol. The zero-order chi connectivity index (χ0) is 13.0. The molecule has 0 radical (unpaired) electrons. The van der Waals surface area contributed by atoms with E-state index in [1.165, 1.54) is 30.6 Å². The number of nitrogens with zero attached hydrogens (tertiary/aromatic N) is 2. The molecule has 0 amide bonds. The van der Waals surface area contributed by atoms with Crippen LogP contribution in [0.2, 0.25) is 0 Å². The molecule has 2 aromatic rings. The first kappa shape index (κ1) is 12.5. The van der Waals surface area contributed by atoms with Crippen molar-refractivity contribution in [3.05, 3.63) is 36.5 Å². The first-order valence-corrected chi connectivity index (χ1v) is 6.60. The summed E-state index contributed by atoms with van der Waals surface area (Å²) in [6, 6.07) is 5.27. The monoisotopic (exact) mass is 269 g/mol. The first-order valence-electron chi connectivity index (χ1n) is 5.12. The van der Waals surface area contributed by atoms with Crippen LogP contribution in [0.5, 0.6) is 5.75 Å². The smallest absolute Gasteiger partial charge is 0.240 e. The molecule has 0 aliphatic carbocycles. The number of aromatic hydroxyl groups is 1. The highest BCUT2D eigenvalue weighted by atomic mass is 32.2. The summed E-state index contributed by atoms with van der Waals surface area (Å²) in [6.07, 6.45) is 1.57. The van der Waals surface area contributed by atoms with Gasteiger partial charge in [-0.2, -0.15) is 4.98 Å². The van der Waals surface area contributed by atoms with Gasteiger partial charge in [0.15, 0.2) is 6.33 Å². The van der Waals surface area contributed by atoms with E-state index in [9.17, 15) is 8.42 Å². The second-order valence-corrected chi connectivity index (χ2v) is 5.24. The molecule has 0 aliphatic heterocycles. The molecule has 0 unspecified atom stereocenters. The highest BCUT2D eigenvalue weighted by Gasteiger charge is 2.13. The van der Waals surface area contributed by atoms with Crippen molar-refractivity contribution >= 4 is 10.0 Å². The van der Waals surface area contributed by atoms with E-state index < -0.39 is 10.0 Å². The molecule has 1 heterocycles. The van der Waals surface area contributed by atoms with Crippen LogP contribution in [-0.2, 0) is 16.4 Å². The van der Waals surface area contributed by atoms with Gasteiger partial charge in [0.2, 0.25) is 15.9 Å². The third-order valence-corrected chi connectivity index (χ3v) is 3.66. The summed E-state index contributed by atoms with van der Waals surface area (Å²) in [6.45, 7) is 0.158. The number of rotatable bonds is 5. The maximum Gasteiger partial charge on any atom is 0.240 e. The fourth-order valence-electron chi connectivity index (χ4n) is 1.31. The largest absolute Gasteiger partial charge is 0.508 e. The topological polar surface area (TPSA) is 105 Å². The van der Waals surface area contributed by atoms with Gasteiger partial charge in [-0.15, -0.1) is 0 Å². The summed E-state index contributed by atoms with van der Waals surface area (Å²) in [7, 11) is -3.58. The summed E-state index contributed by atoms with van der Waals surface area (Å²) < 4.78 is 30.8. The van der Waals surface area contributed by atoms with Crippen LogP contribution in [0.3, 0.4) is 0 Å². The standard InChI is InChI=1S/C10H11N3O4S/c14-8-1-3-9(4-2-8)18(15,16)13-6-5-10-11-7-12-17-10/h1-4,7,13-14H,5-6H2. The van der Waals surface area contributed by atoms with Crippen molar-refractivity contribution in [1.29, 1.82) is 0 Å². The van der Waals surface area contributed by atoms with E-state index in [1.807, 2.05) is 0 Å². The molecule has 2 N–H and O–H groups in total. The number of aromatic nitrogens is 2. The average Bonchev–Trinajstić information content (AvgIpc) is 2.82. The van der Waals surface area contributed by atoms with Crippen molar-refractivity contribution < 1.29 is 18.0 Å². The van der Waals surface area contributed by atoms with Gasteiger partial charge in [-0.25, -0.2) is 13.1 Å². The van der Waals surface area contributed by atoms with E-state index >= 15 is 0 Å². The molecule has 0 spiro atoms. The fourth-order valence-corrected chi connectivity index (χ4v) is 2.34. The summed E-state index contributed by atoms with van der Waals surface area (Å²) in [5.41, 5.74) is 0. The number of hydrogen-bond donors (Lipinski definition) is 2. The van der Waals surface area contributed by atoms with Gasteiger partial charge in [0, 0.05) is 13.0 Å². The normalized spacial score (nSPS) is 11.6. The Hall–Kier alpha value is -1.93. The van der Waals surface area contributed by atoms with Crippen LogP contribution < -0.4 is 4.72 Å². The molecule has 18 heavy (non-hydrogen) atoms. The fraction of sp³-hybridized carbons (Fsp3) is 0.200. The molecule has 0 saturated carbocycles. The number of sulfonamides is 1. The van der Waals surface area contributed by atoms with Crippen LogP contribution in [0.1, 0.15) is 5.89 Å². The Morgan fingerprint density at radius 1 is 1.28 bits per heavy atom. The molecule has 7 nitrogen and oxygen atoms in total. The lowest BCUT2D eigenvalue weighted by Crippen LogP contribution is -2.26. The van der Waals surface area contributed by atoms with Gasteiger partial charge in [0.1, 0.15) is 5.75 Å². The molecular formula is C10H11N3O4S. The van der Waals surface area contributed by atoms with E-state index in [4.69, 9.17) is 9.63 Å². The molecule has 8 heteroatoms. The highest BCUT2D eigenvalue weighted by molar-refractivity contribution is 7.89. The number of phenolic OH excluding ortho intramolecular Hbond substituents is 1. The predicted octanol–water partition coefficient (Wildman–Crippen LogP) is 0.296. The van der Waals surface area contributed by atoms with Gasteiger partial charge in [-0.1, -0.05) is 5.16 Å². The van der Waals surface area contributed by atoms with Gasteiger partial charge in [0.25, 0.3) is 0 Å². The van der Waals surface area contributed by atoms with Gasteiger partial charge in [0.05, 0.1) is 4.90 Å². The van der Waals surface area contributed by atoms with E-state index in [0.29, 0.717) is 12.3 Å². The molecule has 96 valence electrons. The third kappa shape index (κ3) is 3.05. The summed E-state index contributed by atoms with van der Waals surface area (Å²) >= 11 is 0. The van der Waals surface area contributed by atoms with Crippen LogP contribution in [0, 0.1) is 0 Å². The maximum atomic E-state index is 11.8.